The quantitative estimate of drug-likeness (QED) is 0.864. The van der Waals surface area contributed by atoms with Crippen LogP contribution in [0.2, 0.25) is 0 Å². The number of piperidine rings is 1. The highest BCUT2D eigenvalue weighted by molar-refractivity contribution is 5.27. The van der Waals surface area contributed by atoms with Crippen LogP contribution in [0.15, 0.2) is 24.3 Å². The summed E-state index contributed by atoms with van der Waals surface area (Å²) >= 11 is 0. The second kappa shape index (κ2) is 7.65. The van der Waals surface area contributed by atoms with Gasteiger partial charge in [0, 0.05) is 12.6 Å². The second-order valence-corrected chi connectivity index (χ2v) is 5.96. The molecular weight excluding hydrogens is 248 g/mol. The molecule has 0 spiro atoms. The highest BCUT2D eigenvalue weighted by Gasteiger charge is 2.23. The van der Waals surface area contributed by atoms with Gasteiger partial charge in [-0.15, -0.1) is 0 Å². The van der Waals surface area contributed by atoms with Crippen molar-refractivity contribution in [2.24, 2.45) is 5.92 Å². The summed E-state index contributed by atoms with van der Waals surface area (Å²) in [6.45, 7) is 5.98. The number of benzene rings is 1. The number of likely N-dealkylation sites (tertiary alicyclic amines) is 1. The molecule has 1 aliphatic heterocycles. The third kappa shape index (κ3) is 4.22. The molecule has 3 heteroatoms. The van der Waals surface area contributed by atoms with Gasteiger partial charge in [-0.25, -0.2) is 0 Å². The van der Waals surface area contributed by atoms with E-state index in [1.54, 1.807) is 7.11 Å². The number of ether oxygens (including phenoxy) is 1. The van der Waals surface area contributed by atoms with Crippen molar-refractivity contribution < 1.29 is 4.74 Å². The van der Waals surface area contributed by atoms with Gasteiger partial charge in [-0.2, -0.15) is 0 Å². The Morgan fingerprint density at radius 1 is 1.35 bits per heavy atom. The summed E-state index contributed by atoms with van der Waals surface area (Å²) in [5.74, 6) is 1.75. The van der Waals surface area contributed by atoms with Gasteiger partial charge in [0.2, 0.25) is 0 Å². The first-order chi connectivity index (χ1) is 9.72. The van der Waals surface area contributed by atoms with Crippen LogP contribution >= 0.6 is 0 Å². The van der Waals surface area contributed by atoms with Gasteiger partial charge in [0.15, 0.2) is 0 Å². The summed E-state index contributed by atoms with van der Waals surface area (Å²) in [7, 11) is 3.77. The monoisotopic (exact) mass is 276 g/mol. The van der Waals surface area contributed by atoms with Crippen LogP contribution in [0, 0.1) is 5.92 Å². The maximum Gasteiger partial charge on any atom is 0.118 e. The minimum Gasteiger partial charge on any atom is -0.497 e. The molecule has 1 heterocycles. The molecule has 112 valence electrons. The Kier molecular flexibility index (Phi) is 5.86. The lowest BCUT2D eigenvalue weighted by Gasteiger charge is -2.37. The van der Waals surface area contributed by atoms with Crippen molar-refractivity contribution in [3.63, 3.8) is 0 Å². The topological polar surface area (TPSA) is 24.5 Å². The average molecular weight is 276 g/mol. The van der Waals surface area contributed by atoms with Crippen LogP contribution in [0.5, 0.6) is 5.75 Å². The molecule has 0 aliphatic carbocycles. The molecule has 3 nitrogen and oxygen atoms in total. The molecule has 1 aliphatic rings. The first-order valence-electron chi connectivity index (χ1n) is 7.74. The second-order valence-electron chi connectivity index (χ2n) is 5.96. The highest BCUT2D eigenvalue weighted by Crippen LogP contribution is 2.20. The minimum atomic E-state index is 0.614. The molecule has 2 rings (SSSR count). The Morgan fingerprint density at radius 2 is 2.10 bits per heavy atom. The number of hydrogen-bond acceptors (Lipinski definition) is 3. The van der Waals surface area contributed by atoms with E-state index >= 15 is 0 Å². The van der Waals surface area contributed by atoms with Crippen LogP contribution in [-0.2, 0) is 6.42 Å². The van der Waals surface area contributed by atoms with E-state index in [1.807, 2.05) is 0 Å². The first kappa shape index (κ1) is 15.3. The van der Waals surface area contributed by atoms with Crippen LogP contribution in [-0.4, -0.2) is 44.7 Å². The van der Waals surface area contributed by atoms with Crippen molar-refractivity contribution in [2.45, 2.75) is 32.2 Å². The number of rotatable bonds is 6. The molecule has 1 fully saturated rings. The normalized spacial score (nSPS) is 21.6. The SMILES string of the molecule is CNCC1CCCN(C(C)Cc2ccc(OC)cc2)C1. The Balaban J connectivity index is 1.88. The summed E-state index contributed by atoms with van der Waals surface area (Å²) in [5.41, 5.74) is 1.40. The molecule has 2 unspecified atom stereocenters. The molecule has 0 aromatic heterocycles. The Hall–Kier alpha value is -1.06. The van der Waals surface area contributed by atoms with Gasteiger partial charge in [0.1, 0.15) is 5.75 Å². The zero-order chi connectivity index (χ0) is 14.4. The van der Waals surface area contributed by atoms with E-state index in [9.17, 15) is 0 Å². The molecule has 1 aromatic carbocycles. The Morgan fingerprint density at radius 3 is 2.75 bits per heavy atom. The molecule has 1 aromatic rings. The van der Waals surface area contributed by atoms with Gasteiger partial charge in [-0.1, -0.05) is 12.1 Å². The van der Waals surface area contributed by atoms with E-state index in [1.165, 1.54) is 31.5 Å². The predicted molar refractivity (Wildman–Crippen MR) is 84.4 cm³/mol. The fraction of sp³-hybridized carbons (Fsp3) is 0.647. The van der Waals surface area contributed by atoms with E-state index in [-0.39, 0.29) is 0 Å². The van der Waals surface area contributed by atoms with Gasteiger partial charge in [-0.05, 0) is 69.9 Å². The Labute approximate surface area is 123 Å². The molecule has 0 radical (unpaired) electrons. The van der Waals surface area contributed by atoms with Crippen molar-refractivity contribution in [1.82, 2.24) is 10.2 Å². The smallest absolute Gasteiger partial charge is 0.118 e. The first-order valence-corrected chi connectivity index (χ1v) is 7.74. The fourth-order valence-electron chi connectivity index (χ4n) is 3.18. The lowest BCUT2D eigenvalue weighted by Crippen LogP contribution is -2.44. The van der Waals surface area contributed by atoms with E-state index in [0.29, 0.717) is 6.04 Å². The fourth-order valence-corrected chi connectivity index (χ4v) is 3.18. The number of nitrogens with zero attached hydrogens (tertiary/aromatic N) is 1. The summed E-state index contributed by atoms with van der Waals surface area (Å²) in [6, 6.07) is 9.10. The lowest BCUT2D eigenvalue weighted by atomic mass is 9.95. The molecule has 0 amide bonds. The van der Waals surface area contributed by atoms with Gasteiger partial charge >= 0.3 is 0 Å². The van der Waals surface area contributed by atoms with E-state index in [0.717, 1.165) is 24.6 Å². The lowest BCUT2D eigenvalue weighted by molar-refractivity contribution is 0.131. The van der Waals surface area contributed by atoms with Gasteiger partial charge in [-0.3, -0.25) is 0 Å². The maximum absolute atomic E-state index is 5.21. The zero-order valence-corrected chi connectivity index (χ0v) is 13.1. The average Bonchev–Trinajstić information content (AvgIpc) is 2.48. The number of nitrogens with one attached hydrogen (secondary N) is 1. The number of hydrogen-bond donors (Lipinski definition) is 1. The van der Waals surface area contributed by atoms with Crippen LogP contribution < -0.4 is 10.1 Å². The molecular formula is C17H28N2O. The van der Waals surface area contributed by atoms with Crippen LogP contribution in [0.1, 0.15) is 25.3 Å². The molecule has 0 saturated carbocycles. The Bertz CT molecular complexity index is 388. The zero-order valence-electron chi connectivity index (χ0n) is 13.1. The summed E-state index contributed by atoms with van der Waals surface area (Å²) in [5, 5.41) is 3.32. The third-order valence-electron chi connectivity index (χ3n) is 4.36. The molecule has 20 heavy (non-hydrogen) atoms. The van der Waals surface area contributed by atoms with Gasteiger partial charge < -0.3 is 15.0 Å². The molecule has 2 atom stereocenters. The van der Waals surface area contributed by atoms with Crippen molar-refractivity contribution >= 4 is 0 Å². The number of methoxy groups -OCH3 is 1. The minimum absolute atomic E-state index is 0.614. The molecule has 1 saturated heterocycles. The van der Waals surface area contributed by atoms with Crippen molar-refractivity contribution in [2.75, 3.05) is 33.8 Å². The summed E-state index contributed by atoms with van der Waals surface area (Å²) in [6.07, 6.45) is 3.82. The van der Waals surface area contributed by atoms with Crippen molar-refractivity contribution in [1.29, 1.82) is 0 Å². The van der Waals surface area contributed by atoms with E-state index in [4.69, 9.17) is 4.74 Å². The van der Waals surface area contributed by atoms with Gasteiger partial charge in [0.25, 0.3) is 0 Å². The van der Waals surface area contributed by atoms with Gasteiger partial charge in [0.05, 0.1) is 7.11 Å². The van der Waals surface area contributed by atoms with E-state index < -0.39 is 0 Å². The van der Waals surface area contributed by atoms with E-state index in [2.05, 4.69) is 48.5 Å². The standard InChI is InChI=1S/C17H28N2O/c1-14(11-15-6-8-17(20-3)9-7-15)19-10-4-5-16(13-19)12-18-2/h6-9,14,16,18H,4-5,10-13H2,1-3H3. The van der Waals surface area contributed by atoms with Crippen LogP contribution in [0.25, 0.3) is 0 Å². The summed E-state index contributed by atoms with van der Waals surface area (Å²) < 4.78 is 5.21. The molecule has 1 N–H and O–H groups in total. The highest BCUT2D eigenvalue weighted by atomic mass is 16.5. The van der Waals surface area contributed by atoms with Crippen LogP contribution in [0.3, 0.4) is 0 Å². The largest absolute Gasteiger partial charge is 0.497 e. The van der Waals surface area contributed by atoms with Crippen molar-refractivity contribution in [3.8, 4) is 5.75 Å². The molecule has 0 bridgehead atoms. The predicted octanol–water partition coefficient (Wildman–Crippen LogP) is 2.56. The van der Waals surface area contributed by atoms with Crippen molar-refractivity contribution in [3.05, 3.63) is 29.8 Å². The summed E-state index contributed by atoms with van der Waals surface area (Å²) in [4.78, 5) is 2.65. The maximum atomic E-state index is 5.21. The third-order valence-corrected chi connectivity index (χ3v) is 4.36. The van der Waals surface area contributed by atoms with Crippen LogP contribution in [0.4, 0.5) is 0 Å².